The van der Waals surface area contributed by atoms with Crippen molar-refractivity contribution >= 4 is 28.1 Å². The van der Waals surface area contributed by atoms with E-state index in [0.717, 1.165) is 4.47 Å². The Balaban J connectivity index is 2.09. The highest BCUT2D eigenvalue weighted by Crippen LogP contribution is 2.27. The van der Waals surface area contributed by atoms with Gasteiger partial charge >= 0.3 is 0 Å². The SMILES string of the molecule is COc1cccc(C=NNc2ncc(Br)cn2)c1O. The van der Waals surface area contributed by atoms with Gasteiger partial charge in [-0.3, -0.25) is 0 Å². The third kappa shape index (κ3) is 3.41. The Morgan fingerprint density at radius 2 is 2.11 bits per heavy atom. The fraction of sp³-hybridized carbons (Fsp3) is 0.0833. The molecule has 0 aliphatic rings. The molecule has 0 amide bonds. The number of halogens is 1. The van der Waals surface area contributed by atoms with Gasteiger partial charge in [0.1, 0.15) is 0 Å². The molecule has 19 heavy (non-hydrogen) atoms. The standard InChI is InChI=1S/C12H11BrN4O2/c1-19-10-4-2-3-8(11(10)18)5-16-17-12-14-6-9(13)7-15-12/h2-7,18H,1H3,(H,14,15,17). The van der Waals surface area contributed by atoms with Crippen LogP contribution in [0.15, 0.2) is 40.2 Å². The lowest BCUT2D eigenvalue weighted by Crippen LogP contribution is -1.96. The van der Waals surface area contributed by atoms with E-state index in [2.05, 4.69) is 36.4 Å². The second kappa shape index (κ2) is 6.14. The lowest BCUT2D eigenvalue weighted by molar-refractivity contribution is 0.373. The Bertz CT molecular complexity index is 587. The molecule has 6 nitrogen and oxygen atoms in total. The molecule has 0 spiro atoms. The fourth-order valence-electron chi connectivity index (χ4n) is 1.34. The molecule has 2 N–H and O–H groups in total. The van der Waals surface area contributed by atoms with E-state index in [1.165, 1.54) is 13.3 Å². The van der Waals surface area contributed by atoms with Crippen LogP contribution >= 0.6 is 15.9 Å². The average molecular weight is 323 g/mol. The Morgan fingerprint density at radius 1 is 1.37 bits per heavy atom. The van der Waals surface area contributed by atoms with Gasteiger partial charge in [0.2, 0.25) is 5.95 Å². The van der Waals surface area contributed by atoms with E-state index in [4.69, 9.17) is 4.74 Å². The molecule has 0 bridgehead atoms. The van der Waals surface area contributed by atoms with E-state index in [1.54, 1.807) is 30.6 Å². The third-order valence-corrected chi connectivity index (χ3v) is 2.65. The Kier molecular flexibility index (Phi) is 4.30. The number of phenols is 1. The first kappa shape index (κ1) is 13.3. The van der Waals surface area contributed by atoms with Crippen LogP contribution < -0.4 is 10.2 Å². The van der Waals surface area contributed by atoms with Crippen molar-refractivity contribution in [2.75, 3.05) is 12.5 Å². The zero-order valence-electron chi connectivity index (χ0n) is 10.0. The molecule has 0 saturated heterocycles. The summed E-state index contributed by atoms with van der Waals surface area (Å²) >= 11 is 3.24. The van der Waals surface area contributed by atoms with Crippen LogP contribution in [0.5, 0.6) is 11.5 Å². The number of phenolic OH excluding ortho intramolecular Hbond substituents is 1. The number of para-hydroxylation sites is 1. The maximum atomic E-state index is 9.84. The number of methoxy groups -OCH3 is 1. The number of hydrogen-bond donors (Lipinski definition) is 2. The highest BCUT2D eigenvalue weighted by atomic mass is 79.9. The quantitative estimate of drug-likeness (QED) is 0.667. The van der Waals surface area contributed by atoms with Crippen molar-refractivity contribution in [3.05, 3.63) is 40.6 Å². The lowest BCUT2D eigenvalue weighted by atomic mass is 10.2. The van der Waals surface area contributed by atoms with Crippen LogP contribution in [0.25, 0.3) is 0 Å². The molecule has 0 fully saturated rings. The van der Waals surface area contributed by atoms with E-state index in [-0.39, 0.29) is 5.75 Å². The number of hydrazone groups is 1. The van der Waals surface area contributed by atoms with Gasteiger partial charge in [0, 0.05) is 18.0 Å². The Morgan fingerprint density at radius 3 is 2.79 bits per heavy atom. The van der Waals surface area contributed by atoms with Gasteiger partial charge in [-0.2, -0.15) is 5.10 Å². The maximum absolute atomic E-state index is 9.84. The highest BCUT2D eigenvalue weighted by Gasteiger charge is 2.04. The molecule has 1 aromatic heterocycles. The number of benzene rings is 1. The van der Waals surface area contributed by atoms with Crippen LogP contribution in [0.3, 0.4) is 0 Å². The van der Waals surface area contributed by atoms with Gasteiger partial charge in [-0.05, 0) is 28.1 Å². The summed E-state index contributed by atoms with van der Waals surface area (Å²) in [5.41, 5.74) is 3.19. The van der Waals surface area contributed by atoms with Crippen LogP contribution in [0.4, 0.5) is 5.95 Å². The summed E-state index contributed by atoms with van der Waals surface area (Å²) in [6.07, 6.45) is 4.67. The van der Waals surface area contributed by atoms with Crippen LogP contribution in [0.1, 0.15) is 5.56 Å². The molecule has 0 aliphatic carbocycles. The van der Waals surface area contributed by atoms with Crippen LogP contribution in [-0.2, 0) is 0 Å². The molecule has 0 atom stereocenters. The largest absolute Gasteiger partial charge is 0.504 e. The first-order chi connectivity index (χ1) is 9.20. The number of nitrogens with one attached hydrogen (secondary N) is 1. The predicted octanol–water partition coefficient (Wildman–Crippen LogP) is 2.40. The first-order valence-corrected chi connectivity index (χ1v) is 6.12. The molecule has 0 unspecified atom stereocenters. The van der Waals surface area contributed by atoms with Crippen molar-refractivity contribution in [1.82, 2.24) is 9.97 Å². The van der Waals surface area contributed by atoms with Gasteiger partial charge in [0.15, 0.2) is 11.5 Å². The van der Waals surface area contributed by atoms with Gasteiger partial charge in [0.05, 0.1) is 17.8 Å². The summed E-state index contributed by atoms with van der Waals surface area (Å²) in [6.45, 7) is 0. The maximum Gasteiger partial charge on any atom is 0.243 e. The van der Waals surface area contributed by atoms with Gasteiger partial charge in [-0.25, -0.2) is 15.4 Å². The van der Waals surface area contributed by atoms with Gasteiger partial charge in [-0.1, -0.05) is 6.07 Å². The Hall–Kier alpha value is -2.15. The summed E-state index contributed by atoms with van der Waals surface area (Å²) < 4.78 is 5.79. The minimum absolute atomic E-state index is 0.0345. The van der Waals surface area contributed by atoms with E-state index >= 15 is 0 Å². The van der Waals surface area contributed by atoms with Crippen LogP contribution in [-0.4, -0.2) is 28.4 Å². The molecular formula is C12H11BrN4O2. The number of nitrogens with zero attached hydrogens (tertiary/aromatic N) is 3. The number of hydrogen-bond acceptors (Lipinski definition) is 6. The van der Waals surface area contributed by atoms with Crippen LogP contribution in [0.2, 0.25) is 0 Å². The van der Waals surface area contributed by atoms with Crippen molar-refractivity contribution < 1.29 is 9.84 Å². The van der Waals surface area contributed by atoms with E-state index in [1.807, 2.05) is 0 Å². The second-order valence-corrected chi connectivity index (χ2v) is 4.41. The molecule has 0 saturated carbocycles. The number of ether oxygens (including phenoxy) is 1. The van der Waals surface area contributed by atoms with E-state index < -0.39 is 0 Å². The zero-order chi connectivity index (χ0) is 13.7. The molecule has 2 rings (SSSR count). The Labute approximate surface area is 118 Å². The first-order valence-electron chi connectivity index (χ1n) is 5.33. The van der Waals surface area contributed by atoms with Gasteiger partial charge in [0.25, 0.3) is 0 Å². The molecule has 2 aromatic rings. The summed E-state index contributed by atoms with van der Waals surface area (Å²) in [4.78, 5) is 7.99. The number of rotatable bonds is 4. The van der Waals surface area contributed by atoms with Crippen molar-refractivity contribution in [1.29, 1.82) is 0 Å². The predicted molar refractivity (Wildman–Crippen MR) is 75.6 cm³/mol. The normalized spacial score (nSPS) is 10.6. The van der Waals surface area contributed by atoms with Gasteiger partial charge in [-0.15, -0.1) is 0 Å². The molecular weight excluding hydrogens is 312 g/mol. The van der Waals surface area contributed by atoms with Gasteiger partial charge < -0.3 is 9.84 Å². The van der Waals surface area contributed by atoms with E-state index in [9.17, 15) is 5.11 Å². The van der Waals surface area contributed by atoms with E-state index in [0.29, 0.717) is 17.3 Å². The second-order valence-electron chi connectivity index (χ2n) is 3.49. The minimum atomic E-state index is 0.0345. The third-order valence-electron chi connectivity index (χ3n) is 2.24. The average Bonchev–Trinajstić information content (AvgIpc) is 2.43. The smallest absolute Gasteiger partial charge is 0.243 e. The molecule has 98 valence electrons. The number of aromatic nitrogens is 2. The fourth-order valence-corrected chi connectivity index (χ4v) is 1.54. The van der Waals surface area contributed by atoms with Crippen LogP contribution in [0, 0.1) is 0 Å². The lowest BCUT2D eigenvalue weighted by Gasteiger charge is -2.04. The highest BCUT2D eigenvalue weighted by molar-refractivity contribution is 9.10. The van der Waals surface area contributed by atoms with Crippen molar-refractivity contribution in [2.24, 2.45) is 5.10 Å². The van der Waals surface area contributed by atoms with Crippen molar-refractivity contribution in [3.63, 3.8) is 0 Å². The molecule has 0 radical (unpaired) electrons. The molecule has 7 heteroatoms. The number of anilines is 1. The van der Waals surface area contributed by atoms with Crippen molar-refractivity contribution in [2.45, 2.75) is 0 Å². The number of aromatic hydroxyl groups is 1. The molecule has 1 aromatic carbocycles. The zero-order valence-corrected chi connectivity index (χ0v) is 11.6. The summed E-state index contributed by atoms with van der Waals surface area (Å²) in [6, 6.07) is 5.14. The summed E-state index contributed by atoms with van der Waals surface area (Å²) in [7, 11) is 1.49. The van der Waals surface area contributed by atoms with Crippen molar-refractivity contribution in [3.8, 4) is 11.5 Å². The topological polar surface area (TPSA) is 79.6 Å². The molecule has 1 heterocycles. The minimum Gasteiger partial charge on any atom is -0.504 e. The monoisotopic (exact) mass is 322 g/mol. The molecule has 0 aliphatic heterocycles. The summed E-state index contributed by atoms with van der Waals surface area (Å²) in [5.74, 6) is 0.790. The summed E-state index contributed by atoms with van der Waals surface area (Å²) in [5, 5.41) is 13.8.